The van der Waals surface area contributed by atoms with Crippen LogP contribution in [0.25, 0.3) is 0 Å². The van der Waals surface area contributed by atoms with E-state index in [1.54, 1.807) is 33.1 Å². The van der Waals surface area contributed by atoms with Crippen molar-refractivity contribution in [3.8, 4) is 5.75 Å². The lowest BCUT2D eigenvalue weighted by Crippen LogP contribution is -2.47. The molecule has 3 atom stereocenters. The van der Waals surface area contributed by atoms with Crippen molar-refractivity contribution in [2.24, 2.45) is 0 Å². The molecule has 1 aliphatic carbocycles. The molecule has 1 amide bonds. The van der Waals surface area contributed by atoms with Gasteiger partial charge in [-0.05, 0) is 83.3 Å². The molecule has 10 heteroatoms. The van der Waals surface area contributed by atoms with Gasteiger partial charge in [0.15, 0.2) is 0 Å². The van der Waals surface area contributed by atoms with Crippen LogP contribution in [0.3, 0.4) is 0 Å². The number of hydrogen-bond acceptors (Lipinski definition) is 7. The second kappa shape index (κ2) is 12.9. The smallest absolute Gasteiger partial charge is 0.248 e. The zero-order valence-corrected chi connectivity index (χ0v) is 24.5. The number of ether oxygens (including phenoxy) is 2. The normalized spacial score (nSPS) is 23.1. The molecule has 210 valence electrons. The van der Waals surface area contributed by atoms with E-state index in [9.17, 15) is 13.2 Å². The number of likely N-dealkylation sites (tertiary alicyclic amines) is 1. The second-order valence-corrected chi connectivity index (χ2v) is 12.8. The van der Waals surface area contributed by atoms with Gasteiger partial charge in [0, 0.05) is 51.9 Å². The fourth-order valence-corrected chi connectivity index (χ4v) is 7.27. The van der Waals surface area contributed by atoms with Gasteiger partial charge in [-0.25, -0.2) is 8.42 Å². The minimum atomic E-state index is -3.69. The average molecular weight is 539 g/mol. The largest absolute Gasteiger partial charge is 0.497 e. The van der Waals surface area contributed by atoms with Gasteiger partial charge in [-0.2, -0.15) is 4.31 Å². The van der Waals surface area contributed by atoms with Gasteiger partial charge in [0.25, 0.3) is 0 Å². The van der Waals surface area contributed by atoms with E-state index in [1.165, 1.54) is 24.2 Å². The third kappa shape index (κ3) is 7.23. The van der Waals surface area contributed by atoms with Crippen molar-refractivity contribution in [1.29, 1.82) is 0 Å². The number of hydrogen-bond donors (Lipinski definition) is 0. The van der Waals surface area contributed by atoms with Crippen molar-refractivity contribution < 1.29 is 22.7 Å². The van der Waals surface area contributed by atoms with E-state index in [0.717, 1.165) is 32.4 Å². The number of amides is 1. The first kappa shape index (κ1) is 29.8. The van der Waals surface area contributed by atoms with E-state index in [1.807, 2.05) is 11.9 Å². The molecule has 1 saturated heterocycles. The standard InChI is InChI=1S/C27H46N4O5S/c1-20-15-25(35-7)16-21(2)27(20)37(33,34)29(5)13-14-36-19-26(32)30(6)22-9-8-10-23(17-22)31-12-11-24(18-31)28(3)4/h15-16,22-24H,8-14,17-19H2,1-7H3/t22-,23-,24+/m1/s1. The van der Waals surface area contributed by atoms with Gasteiger partial charge in [-0.15, -0.1) is 0 Å². The van der Waals surface area contributed by atoms with Crippen molar-refractivity contribution in [1.82, 2.24) is 19.0 Å². The van der Waals surface area contributed by atoms with Crippen LogP contribution in [-0.4, -0.2) is 120 Å². The Kier molecular flexibility index (Phi) is 10.4. The lowest BCUT2D eigenvalue weighted by Gasteiger charge is -2.39. The fourth-order valence-electron chi connectivity index (χ4n) is 5.71. The van der Waals surface area contributed by atoms with Crippen LogP contribution in [0.1, 0.15) is 43.2 Å². The number of carbonyl (C=O) groups is 1. The van der Waals surface area contributed by atoms with Gasteiger partial charge in [0.2, 0.25) is 15.9 Å². The Morgan fingerprint density at radius 3 is 2.32 bits per heavy atom. The maximum atomic E-state index is 13.2. The number of benzene rings is 1. The molecule has 0 bridgehead atoms. The molecule has 0 spiro atoms. The van der Waals surface area contributed by atoms with Crippen molar-refractivity contribution in [3.63, 3.8) is 0 Å². The molecule has 1 aromatic carbocycles. The summed E-state index contributed by atoms with van der Waals surface area (Å²) in [6.45, 7) is 6.04. The minimum absolute atomic E-state index is 0.0431. The van der Waals surface area contributed by atoms with Crippen molar-refractivity contribution in [2.45, 2.75) is 69.0 Å². The summed E-state index contributed by atoms with van der Waals surface area (Å²) in [7, 11) is 5.59. The third-order valence-electron chi connectivity index (χ3n) is 8.12. The molecule has 1 aliphatic heterocycles. The van der Waals surface area contributed by atoms with Gasteiger partial charge in [0.05, 0.1) is 18.6 Å². The van der Waals surface area contributed by atoms with E-state index in [4.69, 9.17) is 9.47 Å². The average Bonchev–Trinajstić information content (AvgIpc) is 3.36. The number of methoxy groups -OCH3 is 1. The summed E-state index contributed by atoms with van der Waals surface area (Å²) in [5.41, 5.74) is 1.27. The molecule has 0 unspecified atom stereocenters. The Hall–Kier alpha value is -1.72. The van der Waals surface area contributed by atoms with Crippen LogP contribution in [0.15, 0.2) is 17.0 Å². The SMILES string of the molecule is COc1cc(C)c(S(=O)(=O)N(C)CCOCC(=O)N(C)[C@@H]2CCC[C@@H](N3CC[C@H](N(C)C)C3)C2)c(C)c1. The number of sulfonamides is 1. The van der Waals surface area contributed by atoms with Crippen LogP contribution in [0.4, 0.5) is 0 Å². The molecule has 2 fully saturated rings. The van der Waals surface area contributed by atoms with Gasteiger partial charge in [-0.3, -0.25) is 9.69 Å². The first-order chi connectivity index (χ1) is 17.4. The number of likely N-dealkylation sites (N-methyl/N-ethyl adjacent to an activating group) is 3. The van der Waals surface area contributed by atoms with Crippen LogP contribution < -0.4 is 4.74 Å². The summed E-state index contributed by atoms with van der Waals surface area (Å²) >= 11 is 0. The van der Waals surface area contributed by atoms with Crippen LogP contribution >= 0.6 is 0 Å². The monoisotopic (exact) mass is 538 g/mol. The maximum Gasteiger partial charge on any atom is 0.248 e. The molecule has 1 heterocycles. The molecule has 0 radical (unpaired) electrons. The van der Waals surface area contributed by atoms with Crippen molar-refractivity contribution in [3.05, 3.63) is 23.3 Å². The first-order valence-electron chi connectivity index (χ1n) is 13.3. The topological polar surface area (TPSA) is 82.6 Å². The molecule has 0 aromatic heterocycles. The Morgan fingerprint density at radius 1 is 1.05 bits per heavy atom. The second-order valence-electron chi connectivity index (χ2n) is 10.8. The zero-order chi connectivity index (χ0) is 27.3. The van der Waals surface area contributed by atoms with Crippen molar-refractivity contribution in [2.75, 3.05) is 68.1 Å². The lowest BCUT2D eigenvalue weighted by molar-refractivity contribution is -0.137. The van der Waals surface area contributed by atoms with Gasteiger partial charge in [0.1, 0.15) is 12.4 Å². The van der Waals surface area contributed by atoms with E-state index in [0.29, 0.717) is 29.0 Å². The summed E-state index contributed by atoms with van der Waals surface area (Å²) in [6, 6.07) is 4.81. The molecular formula is C27H46N4O5S. The fraction of sp³-hybridized carbons (Fsp3) is 0.741. The molecule has 0 N–H and O–H groups in total. The number of nitrogens with zero attached hydrogens (tertiary/aromatic N) is 4. The molecule has 1 aromatic rings. The van der Waals surface area contributed by atoms with E-state index in [-0.39, 0.29) is 36.6 Å². The molecule has 3 rings (SSSR count). The highest BCUT2D eigenvalue weighted by Gasteiger charge is 2.34. The number of carbonyl (C=O) groups excluding carboxylic acids is 1. The minimum Gasteiger partial charge on any atom is -0.497 e. The Bertz CT molecular complexity index is 1010. The van der Waals surface area contributed by atoms with E-state index < -0.39 is 10.0 Å². The predicted octanol–water partition coefficient (Wildman–Crippen LogP) is 2.35. The molecule has 9 nitrogen and oxygen atoms in total. The predicted molar refractivity (Wildman–Crippen MR) is 146 cm³/mol. The first-order valence-corrected chi connectivity index (χ1v) is 14.7. The van der Waals surface area contributed by atoms with Crippen LogP contribution in [0.2, 0.25) is 0 Å². The molecule has 2 aliphatic rings. The van der Waals surface area contributed by atoms with Crippen LogP contribution in [-0.2, 0) is 19.6 Å². The summed E-state index contributed by atoms with van der Waals surface area (Å²) in [6.07, 6.45) is 5.56. The van der Waals surface area contributed by atoms with Crippen LogP contribution in [0, 0.1) is 13.8 Å². The van der Waals surface area contributed by atoms with E-state index in [2.05, 4.69) is 23.9 Å². The Labute approximate surface area is 223 Å². The van der Waals surface area contributed by atoms with Crippen molar-refractivity contribution >= 4 is 15.9 Å². The van der Waals surface area contributed by atoms with Gasteiger partial charge < -0.3 is 19.3 Å². The lowest BCUT2D eigenvalue weighted by atomic mass is 9.89. The highest BCUT2D eigenvalue weighted by atomic mass is 32.2. The summed E-state index contributed by atoms with van der Waals surface area (Å²) < 4.78 is 38.5. The van der Waals surface area contributed by atoms with Gasteiger partial charge in [-0.1, -0.05) is 0 Å². The third-order valence-corrected chi connectivity index (χ3v) is 10.3. The quantitative estimate of drug-likeness (QED) is 0.400. The molecular weight excluding hydrogens is 492 g/mol. The van der Waals surface area contributed by atoms with Gasteiger partial charge >= 0.3 is 0 Å². The Balaban J connectivity index is 1.46. The highest BCUT2D eigenvalue weighted by molar-refractivity contribution is 7.89. The molecule has 37 heavy (non-hydrogen) atoms. The summed E-state index contributed by atoms with van der Waals surface area (Å²) in [4.78, 5) is 19.9. The zero-order valence-electron chi connectivity index (χ0n) is 23.7. The maximum absolute atomic E-state index is 13.2. The number of rotatable bonds is 11. The van der Waals surface area contributed by atoms with Crippen LogP contribution in [0.5, 0.6) is 5.75 Å². The number of aryl methyl sites for hydroxylation is 2. The summed E-state index contributed by atoms with van der Waals surface area (Å²) in [5, 5.41) is 0. The Morgan fingerprint density at radius 2 is 1.73 bits per heavy atom. The van der Waals surface area contributed by atoms with E-state index >= 15 is 0 Å². The summed E-state index contributed by atoms with van der Waals surface area (Å²) in [5.74, 6) is 0.579. The highest BCUT2D eigenvalue weighted by Crippen LogP contribution is 2.30. The molecule has 1 saturated carbocycles.